The standard InChI is InChI=1S/C29H26F4N6/c1-3-23-17-38(26-12-13-35-24-11-9-22(14-34)37-27(24)26)18(2)16-39(23)28(19-4-7-21(30)8-5-19)25-10-6-20(15-36-25)29(31,32)33/h4-13,15,18,23,28H,3,16-17H2,1-2H3/t18-,23+,28?/m0/s1. The summed E-state index contributed by atoms with van der Waals surface area (Å²) in [4.78, 5) is 17.6. The molecule has 0 saturated carbocycles. The number of nitriles is 1. The fraction of sp³-hybridized carbons (Fsp3) is 0.310. The van der Waals surface area contributed by atoms with Crippen molar-refractivity contribution in [1.29, 1.82) is 5.26 Å². The van der Waals surface area contributed by atoms with Gasteiger partial charge in [-0.15, -0.1) is 0 Å². The molecule has 3 atom stereocenters. The van der Waals surface area contributed by atoms with E-state index in [-0.39, 0.29) is 12.1 Å². The summed E-state index contributed by atoms with van der Waals surface area (Å²) < 4.78 is 53.6. The summed E-state index contributed by atoms with van der Waals surface area (Å²) in [5.74, 6) is -0.392. The molecule has 1 fully saturated rings. The summed E-state index contributed by atoms with van der Waals surface area (Å²) in [5, 5.41) is 9.38. The second-order valence-corrected chi connectivity index (χ2v) is 9.69. The summed E-state index contributed by atoms with van der Waals surface area (Å²) in [5.41, 5.74) is 2.90. The first-order chi connectivity index (χ1) is 18.7. The molecule has 1 aliphatic heterocycles. The molecule has 5 rings (SSSR count). The number of piperazine rings is 1. The fourth-order valence-electron chi connectivity index (χ4n) is 5.30. The van der Waals surface area contributed by atoms with Crippen molar-refractivity contribution < 1.29 is 17.6 Å². The first-order valence-corrected chi connectivity index (χ1v) is 12.7. The fourth-order valence-corrected chi connectivity index (χ4v) is 5.30. The molecule has 6 nitrogen and oxygen atoms in total. The molecule has 39 heavy (non-hydrogen) atoms. The van der Waals surface area contributed by atoms with Crippen molar-refractivity contribution in [2.75, 3.05) is 18.0 Å². The van der Waals surface area contributed by atoms with E-state index >= 15 is 0 Å². The van der Waals surface area contributed by atoms with Crippen LogP contribution in [0.25, 0.3) is 11.0 Å². The smallest absolute Gasteiger partial charge is 0.364 e. The maximum Gasteiger partial charge on any atom is 0.417 e. The van der Waals surface area contributed by atoms with Gasteiger partial charge in [-0.1, -0.05) is 19.1 Å². The molecule has 4 heterocycles. The molecule has 3 aromatic heterocycles. The topological polar surface area (TPSA) is 68.9 Å². The van der Waals surface area contributed by atoms with Crippen LogP contribution in [0.1, 0.15) is 48.8 Å². The van der Waals surface area contributed by atoms with E-state index in [1.54, 1.807) is 30.5 Å². The van der Waals surface area contributed by atoms with Crippen molar-refractivity contribution in [2.45, 2.75) is 44.6 Å². The third-order valence-corrected chi connectivity index (χ3v) is 7.25. The van der Waals surface area contributed by atoms with Gasteiger partial charge in [0.2, 0.25) is 0 Å². The molecule has 10 heteroatoms. The highest BCUT2D eigenvalue weighted by molar-refractivity contribution is 5.88. The van der Waals surface area contributed by atoms with E-state index in [0.29, 0.717) is 35.5 Å². The lowest BCUT2D eigenvalue weighted by Gasteiger charge is -2.49. The quantitative estimate of drug-likeness (QED) is 0.287. The predicted molar refractivity (Wildman–Crippen MR) is 139 cm³/mol. The Morgan fingerprint density at radius 3 is 2.44 bits per heavy atom. The first kappa shape index (κ1) is 26.5. The van der Waals surface area contributed by atoms with Gasteiger partial charge in [0.15, 0.2) is 0 Å². The van der Waals surface area contributed by atoms with E-state index < -0.39 is 23.6 Å². The molecule has 0 radical (unpaired) electrons. The number of halogens is 4. The lowest BCUT2D eigenvalue weighted by atomic mass is 9.94. The van der Waals surface area contributed by atoms with Gasteiger partial charge < -0.3 is 4.90 Å². The van der Waals surface area contributed by atoms with Gasteiger partial charge >= 0.3 is 6.18 Å². The molecule has 1 unspecified atom stereocenters. The van der Waals surface area contributed by atoms with E-state index in [0.717, 1.165) is 29.9 Å². The van der Waals surface area contributed by atoms with Crippen LogP contribution in [0, 0.1) is 17.1 Å². The number of hydrogen-bond acceptors (Lipinski definition) is 6. The Hall–Kier alpha value is -4.10. The minimum atomic E-state index is -4.49. The number of rotatable bonds is 5. The number of alkyl halides is 3. The zero-order valence-electron chi connectivity index (χ0n) is 21.4. The van der Waals surface area contributed by atoms with Crippen molar-refractivity contribution in [3.8, 4) is 6.07 Å². The van der Waals surface area contributed by atoms with E-state index in [4.69, 9.17) is 0 Å². The third kappa shape index (κ3) is 5.27. The molecule has 0 N–H and O–H groups in total. The summed E-state index contributed by atoms with van der Waals surface area (Å²) >= 11 is 0. The molecule has 0 aliphatic carbocycles. The van der Waals surface area contributed by atoms with Crippen LogP contribution >= 0.6 is 0 Å². The number of benzene rings is 1. The first-order valence-electron chi connectivity index (χ1n) is 12.7. The zero-order chi connectivity index (χ0) is 27.7. The lowest BCUT2D eigenvalue weighted by Crippen LogP contribution is -2.58. The summed E-state index contributed by atoms with van der Waals surface area (Å²) in [6, 6.07) is 15.4. The highest BCUT2D eigenvalue weighted by atomic mass is 19.4. The van der Waals surface area contributed by atoms with Gasteiger partial charge in [-0.2, -0.15) is 18.4 Å². The average molecular weight is 535 g/mol. The van der Waals surface area contributed by atoms with Crippen LogP contribution in [-0.4, -0.2) is 45.0 Å². The number of pyridine rings is 3. The number of fused-ring (bicyclic) bond motifs is 1. The van der Waals surface area contributed by atoms with Crippen molar-refractivity contribution in [2.24, 2.45) is 0 Å². The molecule has 1 saturated heterocycles. The number of aromatic nitrogens is 3. The van der Waals surface area contributed by atoms with Crippen molar-refractivity contribution in [3.05, 3.63) is 95.3 Å². The Balaban J connectivity index is 1.54. The average Bonchev–Trinajstić information content (AvgIpc) is 2.93. The van der Waals surface area contributed by atoms with Crippen LogP contribution in [0.4, 0.5) is 23.2 Å². The monoisotopic (exact) mass is 534 g/mol. The Morgan fingerprint density at radius 2 is 1.79 bits per heavy atom. The summed E-state index contributed by atoms with van der Waals surface area (Å²) in [6.45, 7) is 5.30. The highest BCUT2D eigenvalue weighted by Crippen LogP contribution is 2.37. The zero-order valence-corrected chi connectivity index (χ0v) is 21.4. The number of nitrogens with zero attached hydrogens (tertiary/aromatic N) is 6. The van der Waals surface area contributed by atoms with E-state index in [1.165, 1.54) is 18.2 Å². The van der Waals surface area contributed by atoms with Crippen molar-refractivity contribution in [3.63, 3.8) is 0 Å². The van der Waals surface area contributed by atoms with Crippen molar-refractivity contribution >= 4 is 16.7 Å². The molecule has 0 spiro atoms. The predicted octanol–water partition coefficient (Wildman–Crippen LogP) is 6.13. The molecule has 200 valence electrons. The van der Waals surface area contributed by atoms with Crippen LogP contribution in [0.5, 0.6) is 0 Å². The third-order valence-electron chi connectivity index (χ3n) is 7.25. The van der Waals surface area contributed by atoms with Crippen molar-refractivity contribution in [1.82, 2.24) is 19.9 Å². The Labute approximate surface area is 223 Å². The molecule has 0 amide bonds. The van der Waals surface area contributed by atoms with Crippen LogP contribution in [0.2, 0.25) is 0 Å². The largest absolute Gasteiger partial charge is 0.417 e. The van der Waals surface area contributed by atoms with Crippen LogP contribution in [-0.2, 0) is 6.18 Å². The normalized spacial score (nSPS) is 19.2. The Morgan fingerprint density at radius 1 is 1.03 bits per heavy atom. The number of hydrogen-bond donors (Lipinski definition) is 0. The minimum Gasteiger partial charge on any atom is -0.364 e. The van der Waals surface area contributed by atoms with Crippen LogP contribution < -0.4 is 4.90 Å². The second kappa shape index (κ2) is 10.6. The Kier molecular flexibility index (Phi) is 7.19. The lowest BCUT2D eigenvalue weighted by molar-refractivity contribution is -0.137. The molecule has 4 aromatic rings. The molecular weight excluding hydrogens is 508 g/mol. The van der Waals surface area contributed by atoms with Crippen LogP contribution in [0.3, 0.4) is 0 Å². The SMILES string of the molecule is CC[C@@H]1CN(c2ccnc3ccc(C#N)nc23)[C@@H](C)CN1C(c1ccc(F)cc1)c1ccc(C(F)(F)F)cn1. The minimum absolute atomic E-state index is 0.0114. The van der Waals surface area contributed by atoms with Crippen LogP contribution in [0.15, 0.2) is 67.0 Å². The number of anilines is 1. The van der Waals surface area contributed by atoms with E-state index in [1.807, 2.05) is 6.07 Å². The van der Waals surface area contributed by atoms with Gasteiger partial charge in [-0.05, 0) is 61.4 Å². The van der Waals surface area contributed by atoms with E-state index in [9.17, 15) is 22.8 Å². The maximum absolute atomic E-state index is 13.8. The second-order valence-electron chi connectivity index (χ2n) is 9.69. The van der Waals surface area contributed by atoms with Gasteiger partial charge in [0.1, 0.15) is 23.1 Å². The van der Waals surface area contributed by atoms with Gasteiger partial charge in [0.25, 0.3) is 0 Å². The van der Waals surface area contributed by atoms with Gasteiger partial charge in [0.05, 0.1) is 28.5 Å². The van der Waals surface area contributed by atoms with E-state index in [2.05, 4.69) is 44.7 Å². The van der Waals surface area contributed by atoms with Gasteiger partial charge in [-0.3, -0.25) is 14.9 Å². The molecule has 1 aromatic carbocycles. The van der Waals surface area contributed by atoms with Gasteiger partial charge in [0, 0.05) is 37.6 Å². The summed E-state index contributed by atoms with van der Waals surface area (Å²) in [7, 11) is 0. The molecular formula is C29H26F4N6. The summed E-state index contributed by atoms with van der Waals surface area (Å²) in [6.07, 6.45) is -1.16. The molecule has 0 bridgehead atoms. The maximum atomic E-state index is 13.8. The van der Waals surface area contributed by atoms with Gasteiger partial charge in [-0.25, -0.2) is 9.37 Å². The highest BCUT2D eigenvalue weighted by Gasteiger charge is 2.38. The Bertz CT molecular complexity index is 1500. The molecule has 1 aliphatic rings.